The number of aromatic amines is 1. The van der Waals surface area contributed by atoms with Crippen molar-refractivity contribution in [1.29, 1.82) is 0 Å². The van der Waals surface area contributed by atoms with E-state index < -0.39 is 0 Å². The van der Waals surface area contributed by atoms with Gasteiger partial charge in [-0.3, -0.25) is 4.98 Å². The van der Waals surface area contributed by atoms with Crippen LogP contribution in [0.4, 0.5) is 0 Å². The smallest absolute Gasteiger partial charge is 0.158 e. The molecule has 23 heavy (non-hydrogen) atoms. The molecule has 0 unspecified atom stereocenters. The van der Waals surface area contributed by atoms with Gasteiger partial charge in [0.05, 0.1) is 5.69 Å². The van der Waals surface area contributed by atoms with Gasteiger partial charge in [0.2, 0.25) is 0 Å². The molecule has 0 aliphatic heterocycles. The lowest BCUT2D eigenvalue weighted by Gasteiger charge is -1.94. The zero-order chi connectivity index (χ0) is 15.6. The first-order valence-corrected chi connectivity index (χ1v) is 7.55. The minimum absolute atomic E-state index is 0.751. The lowest BCUT2D eigenvalue weighted by atomic mass is 10.2. The number of imidazole rings is 1. The predicted octanol–water partition coefficient (Wildman–Crippen LogP) is 2.61. The number of nitrogens with one attached hydrogen (secondary N) is 1. The van der Waals surface area contributed by atoms with E-state index in [0.29, 0.717) is 0 Å². The SMILES string of the molecule is Cc1cccn2nc(CCc3nc(-c4cccnc4)c[nH]3)nc12. The first kappa shape index (κ1) is 13.6. The first-order valence-electron chi connectivity index (χ1n) is 7.55. The van der Waals surface area contributed by atoms with E-state index in [4.69, 9.17) is 0 Å². The summed E-state index contributed by atoms with van der Waals surface area (Å²) in [5.41, 5.74) is 3.96. The van der Waals surface area contributed by atoms with E-state index in [1.165, 1.54) is 0 Å². The Labute approximate surface area is 133 Å². The number of hydrogen-bond donors (Lipinski definition) is 1. The summed E-state index contributed by atoms with van der Waals surface area (Å²) in [5.74, 6) is 1.76. The number of fused-ring (bicyclic) bond motifs is 1. The van der Waals surface area contributed by atoms with E-state index in [1.807, 2.05) is 54.3 Å². The van der Waals surface area contributed by atoms with Crippen LogP contribution >= 0.6 is 0 Å². The maximum atomic E-state index is 4.61. The number of hydrogen-bond acceptors (Lipinski definition) is 4. The largest absolute Gasteiger partial charge is 0.348 e. The Morgan fingerprint density at radius 2 is 2.09 bits per heavy atom. The van der Waals surface area contributed by atoms with Gasteiger partial charge in [0.15, 0.2) is 11.5 Å². The number of H-pyrrole nitrogens is 1. The van der Waals surface area contributed by atoms with Crippen molar-refractivity contribution in [2.75, 3.05) is 0 Å². The number of pyridine rings is 2. The molecule has 114 valence electrons. The van der Waals surface area contributed by atoms with E-state index in [0.717, 1.165) is 47.0 Å². The summed E-state index contributed by atoms with van der Waals surface area (Å²) in [6.07, 6.45) is 8.93. The van der Waals surface area contributed by atoms with Crippen LogP contribution in [0.5, 0.6) is 0 Å². The molecule has 6 nitrogen and oxygen atoms in total. The molecule has 1 N–H and O–H groups in total. The summed E-state index contributed by atoms with van der Waals surface area (Å²) in [5, 5.41) is 4.51. The van der Waals surface area contributed by atoms with Gasteiger partial charge in [0, 0.05) is 43.2 Å². The van der Waals surface area contributed by atoms with Crippen LogP contribution in [0, 0.1) is 6.92 Å². The van der Waals surface area contributed by atoms with Crippen molar-refractivity contribution in [2.24, 2.45) is 0 Å². The molecule has 0 amide bonds. The van der Waals surface area contributed by atoms with Gasteiger partial charge < -0.3 is 4.98 Å². The second kappa shape index (κ2) is 5.64. The molecular weight excluding hydrogens is 288 g/mol. The molecule has 0 aliphatic carbocycles. The van der Waals surface area contributed by atoms with Crippen LogP contribution in [0.3, 0.4) is 0 Å². The molecule has 4 heterocycles. The molecule has 0 aromatic carbocycles. The maximum absolute atomic E-state index is 4.61. The van der Waals surface area contributed by atoms with Gasteiger partial charge in [-0.1, -0.05) is 6.07 Å². The average molecular weight is 304 g/mol. The molecule has 4 aromatic heterocycles. The van der Waals surface area contributed by atoms with Crippen molar-refractivity contribution in [3.8, 4) is 11.3 Å². The number of aromatic nitrogens is 6. The minimum Gasteiger partial charge on any atom is -0.348 e. The third-order valence-electron chi connectivity index (χ3n) is 3.77. The minimum atomic E-state index is 0.751. The monoisotopic (exact) mass is 304 g/mol. The van der Waals surface area contributed by atoms with E-state index in [9.17, 15) is 0 Å². The molecule has 0 radical (unpaired) electrons. The topological polar surface area (TPSA) is 71.8 Å². The van der Waals surface area contributed by atoms with Crippen molar-refractivity contribution in [2.45, 2.75) is 19.8 Å². The van der Waals surface area contributed by atoms with Crippen molar-refractivity contribution >= 4 is 5.65 Å². The quantitative estimate of drug-likeness (QED) is 0.629. The molecule has 6 heteroatoms. The van der Waals surface area contributed by atoms with E-state index in [-0.39, 0.29) is 0 Å². The van der Waals surface area contributed by atoms with Gasteiger partial charge in [-0.2, -0.15) is 5.10 Å². The van der Waals surface area contributed by atoms with Gasteiger partial charge in [-0.05, 0) is 30.7 Å². The predicted molar refractivity (Wildman–Crippen MR) is 87.0 cm³/mol. The normalized spacial score (nSPS) is 11.2. The first-order chi connectivity index (χ1) is 11.3. The van der Waals surface area contributed by atoms with Crippen molar-refractivity contribution in [1.82, 2.24) is 29.5 Å². The Morgan fingerprint density at radius 3 is 2.91 bits per heavy atom. The highest BCUT2D eigenvalue weighted by atomic mass is 15.3. The van der Waals surface area contributed by atoms with Gasteiger partial charge in [-0.25, -0.2) is 14.5 Å². The second-order valence-electron chi connectivity index (χ2n) is 5.46. The van der Waals surface area contributed by atoms with Crippen LogP contribution in [-0.4, -0.2) is 29.5 Å². The summed E-state index contributed by atoms with van der Waals surface area (Å²) in [6.45, 7) is 2.04. The summed E-state index contributed by atoms with van der Waals surface area (Å²) in [6, 6.07) is 7.93. The van der Waals surface area contributed by atoms with Crippen molar-refractivity contribution in [3.05, 3.63) is 66.3 Å². The zero-order valence-corrected chi connectivity index (χ0v) is 12.8. The van der Waals surface area contributed by atoms with Crippen LogP contribution in [0.25, 0.3) is 16.9 Å². The Kier molecular flexibility index (Phi) is 3.34. The zero-order valence-electron chi connectivity index (χ0n) is 12.8. The fourth-order valence-corrected chi connectivity index (χ4v) is 2.57. The summed E-state index contributed by atoms with van der Waals surface area (Å²) in [4.78, 5) is 16.5. The molecular formula is C17H16N6. The molecule has 0 atom stereocenters. The van der Waals surface area contributed by atoms with Crippen LogP contribution in [0.15, 0.2) is 49.1 Å². The standard InChI is InChI=1S/C17H16N6/c1-12-4-3-9-23-17(12)21-16(22-23)7-6-15-19-11-14(20-15)13-5-2-8-18-10-13/h2-5,8-11H,6-7H2,1H3,(H,19,20). The highest BCUT2D eigenvalue weighted by Crippen LogP contribution is 2.15. The third-order valence-corrected chi connectivity index (χ3v) is 3.77. The molecule has 0 saturated carbocycles. The molecule has 0 aliphatic rings. The lowest BCUT2D eigenvalue weighted by Crippen LogP contribution is -1.96. The van der Waals surface area contributed by atoms with Crippen molar-refractivity contribution in [3.63, 3.8) is 0 Å². The molecule has 4 aromatic rings. The lowest BCUT2D eigenvalue weighted by molar-refractivity contribution is 0.807. The molecule has 4 rings (SSSR count). The van der Waals surface area contributed by atoms with E-state index in [2.05, 4.69) is 25.0 Å². The summed E-state index contributed by atoms with van der Waals surface area (Å²) >= 11 is 0. The average Bonchev–Trinajstić information content (AvgIpc) is 3.21. The van der Waals surface area contributed by atoms with Gasteiger partial charge in [-0.15, -0.1) is 0 Å². The highest BCUT2D eigenvalue weighted by Gasteiger charge is 2.08. The van der Waals surface area contributed by atoms with E-state index in [1.54, 1.807) is 6.20 Å². The van der Waals surface area contributed by atoms with Crippen LogP contribution in [-0.2, 0) is 12.8 Å². The van der Waals surface area contributed by atoms with Gasteiger partial charge in [0.1, 0.15) is 5.82 Å². The van der Waals surface area contributed by atoms with Crippen LogP contribution < -0.4 is 0 Å². The Balaban J connectivity index is 1.50. The summed E-state index contributed by atoms with van der Waals surface area (Å²) < 4.78 is 1.83. The number of rotatable bonds is 4. The number of aryl methyl sites for hydroxylation is 3. The Hall–Kier alpha value is -3.02. The van der Waals surface area contributed by atoms with Crippen LogP contribution in [0.1, 0.15) is 17.2 Å². The van der Waals surface area contributed by atoms with Gasteiger partial charge in [0.25, 0.3) is 0 Å². The third kappa shape index (κ3) is 2.70. The fourth-order valence-electron chi connectivity index (χ4n) is 2.57. The molecule has 0 saturated heterocycles. The summed E-state index contributed by atoms with van der Waals surface area (Å²) in [7, 11) is 0. The number of nitrogens with zero attached hydrogens (tertiary/aromatic N) is 5. The molecule has 0 fully saturated rings. The highest BCUT2D eigenvalue weighted by molar-refractivity contribution is 5.56. The molecule has 0 bridgehead atoms. The second-order valence-corrected chi connectivity index (χ2v) is 5.46. The van der Waals surface area contributed by atoms with Crippen molar-refractivity contribution < 1.29 is 0 Å². The van der Waals surface area contributed by atoms with Crippen LogP contribution in [0.2, 0.25) is 0 Å². The Morgan fingerprint density at radius 1 is 1.13 bits per heavy atom. The van der Waals surface area contributed by atoms with E-state index >= 15 is 0 Å². The van der Waals surface area contributed by atoms with Gasteiger partial charge >= 0.3 is 0 Å². The maximum Gasteiger partial charge on any atom is 0.158 e. The molecule has 0 spiro atoms. The fraction of sp³-hybridized carbons (Fsp3) is 0.176. The Bertz CT molecular complexity index is 938.